The van der Waals surface area contributed by atoms with Gasteiger partial charge in [0.05, 0.1) is 14.2 Å². The van der Waals surface area contributed by atoms with Gasteiger partial charge in [0.2, 0.25) is 0 Å². The summed E-state index contributed by atoms with van der Waals surface area (Å²) >= 11 is 0. The van der Waals surface area contributed by atoms with E-state index in [1.165, 1.54) is 22.3 Å². The zero-order valence-corrected chi connectivity index (χ0v) is 21.7. The van der Waals surface area contributed by atoms with Crippen molar-refractivity contribution in [3.8, 4) is 11.5 Å². The number of allylic oxidation sites excluding steroid dienone is 8. The van der Waals surface area contributed by atoms with Gasteiger partial charge in [0.15, 0.2) is 0 Å². The molecule has 5 heteroatoms. The number of methoxy groups -OCH3 is 2. The maximum Gasteiger partial charge on any atom is 0.107 e. The molecule has 0 aliphatic heterocycles. The first-order valence-electron chi connectivity index (χ1n) is 8.64. The predicted molar refractivity (Wildman–Crippen MR) is 121 cm³/mol. The molecule has 152 valence electrons. The first kappa shape index (κ1) is 27.5. The van der Waals surface area contributed by atoms with Crippen LogP contribution < -0.4 is 9.47 Å². The Bertz CT molecular complexity index is 812. The van der Waals surface area contributed by atoms with Gasteiger partial charge in [0.1, 0.15) is 11.5 Å². The Morgan fingerprint density at radius 2 is 1.10 bits per heavy atom. The van der Waals surface area contributed by atoms with Gasteiger partial charge in [-0.1, -0.05) is 37.1 Å². The smallest absolute Gasteiger partial charge is 0.107 e. The summed E-state index contributed by atoms with van der Waals surface area (Å²) in [6.45, 7) is 0. The van der Waals surface area contributed by atoms with E-state index < -0.39 is 0 Å². The maximum absolute atomic E-state index is 5.15. The van der Waals surface area contributed by atoms with Crippen LogP contribution in [-0.2, 0) is 25.8 Å². The molecule has 0 bridgehead atoms. The molecule has 2 aliphatic carbocycles. The van der Waals surface area contributed by atoms with Crippen molar-refractivity contribution < 1.29 is 35.3 Å². The standard InChI is InChI=1S/2C12H11O.2ClH.Hf/c2*1-13-12-8-4-7-11(9-12)10-5-2-3-6-10;;;/h2*2,4-5,7-9H,3H2,1H3;2*1H;/q2*-1;;;. The Labute approximate surface area is 205 Å². The number of benzene rings is 2. The molecule has 0 aromatic heterocycles. The Morgan fingerprint density at radius 1 is 0.690 bits per heavy atom. The van der Waals surface area contributed by atoms with E-state index in [4.69, 9.17) is 9.47 Å². The van der Waals surface area contributed by atoms with E-state index in [-0.39, 0.29) is 50.7 Å². The van der Waals surface area contributed by atoms with Crippen LogP contribution >= 0.6 is 24.8 Å². The van der Waals surface area contributed by atoms with Crippen LogP contribution in [-0.4, -0.2) is 14.2 Å². The summed E-state index contributed by atoms with van der Waals surface area (Å²) in [5.74, 6) is 1.79. The Hall–Kier alpha value is -1.55. The second-order valence-electron chi connectivity index (χ2n) is 5.86. The average molecular weight is 594 g/mol. The summed E-state index contributed by atoms with van der Waals surface area (Å²) in [5, 5.41) is 0. The molecule has 0 radical (unpaired) electrons. The largest absolute Gasteiger partial charge is 0.498 e. The number of hydrogen-bond donors (Lipinski definition) is 0. The molecule has 0 heterocycles. The zero-order chi connectivity index (χ0) is 18.2. The summed E-state index contributed by atoms with van der Waals surface area (Å²) in [6.07, 6.45) is 16.8. The quantitative estimate of drug-likeness (QED) is 0.297. The summed E-state index contributed by atoms with van der Waals surface area (Å²) < 4.78 is 10.3. The minimum atomic E-state index is 0. The summed E-state index contributed by atoms with van der Waals surface area (Å²) in [4.78, 5) is 0. The molecule has 0 saturated heterocycles. The minimum Gasteiger partial charge on any atom is -0.498 e. The Balaban J connectivity index is 0.000000490. The van der Waals surface area contributed by atoms with Crippen molar-refractivity contribution in [2.45, 2.75) is 12.8 Å². The van der Waals surface area contributed by atoms with Crippen LogP contribution in [0.3, 0.4) is 0 Å². The minimum absolute atomic E-state index is 0. The first-order valence-corrected chi connectivity index (χ1v) is 8.64. The van der Waals surface area contributed by atoms with Gasteiger partial charge < -0.3 is 9.47 Å². The molecule has 0 atom stereocenters. The topological polar surface area (TPSA) is 18.5 Å². The van der Waals surface area contributed by atoms with E-state index in [0.717, 1.165) is 24.3 Å². The normalized spacial score (nSPS) is 12.9. The van der Waals surface area contributed by atoms with Gasteiger partial charge in [-0.25, -0.2) is 0 Å². The maximum atomic E-state index is 5.15. The van der Waals surface area contributed by atoms with Gasteiger partial charge in [-0.2, -0.15) is 35.5 Å². The van der Waals surface area contributed by atoms with Crippen LogP contribution in [0.4, 0.5) is 0 Å². The van der Waals surface area contributed by atoms with Gasteiger partial charge in [-0.05, 0) is 12.1 Å². The zero-order valence-electron chi connectivity index (χ0n) is 16.5. The fourth-order valence-corrected chi connectivity index (χ4v) is 2.79. The number of halogens is 2. The van der Waals surface area contributed by atoms with Crippen LogP contribution in [0.2, 0.25) is 0 Å². The van der Waals surface area contributed by atoms with Crippen molar-refractivity contribution in [2.75, 3.05) is 14.2 Å². The molecular weight excluding hydrogens is 570 g/mol. The van der Waals surface area contributed by atoms with Crippen LogP contribution in [0.25, 0.3) is 11.1 Å². The van der Waals surface area contributed by atoms with Crippen molar-refractivity contribution in [1.29, 1.82) is 0 Å². The predicted octanol–water partition coefficient (Wildman–Crippen LogP) is 6.52. The van der Waals surface area contributed by atoms with E-state index in [0.29, 0.717) is 0 Å². The van der Waals surface area contributed by atoms with Crippen LogP contribution in [0.1, 0.15) is 24.0 Å². The van der Waals surface area contributed by atoms with E-state index in [1.54, 1.807) is 14.2 Å². The molecule has 2 aliphatic rings. The van der Waals surface area contributed by atoms with Gasteiger partial charge in [-0.15, -0.1) is 60.2 Å². The molecule has 0 saturated carbocycles. The third-order valence-electron chi connectivity index (χ3n) is 4.15. The summed E-state index contributed by atoms with van der Waals surface area (Å²) in [7, 11) is 3.36. The van der Waals surface area contributed by atoms with Crippen molar-refractivity contribution in [2.24, 2.45) is 0 Å². The fourth-order valence-electron chi connectivity index (χ4n) is 2.79. The van der Waals surface area contributed by atoms with Crippen LogP contribution in [0.15, 0.2) is 72.8 Å². The van der Waals surface area contributed by atoms with Gasteiger partial charge in [0, 0.05) is 25.8 Å². The molecule has 2 aromatic carbocycles. The van der Waals surface area contributed by atoms with E-state index in [9.17, 15) is 0 Å². The molecule has 2 aromatic rings. The van der Waals surface area contributed by atoms with Crippen molar-refractivity contribution in [3.63, 3.8) is 0 Å². The summed E-state index contributed by atoms with van der Waals surface area (Å²) in [6, 6.07) is 16.1. The molecule has 29 heavy (non-hydrogen) atoms. The Kier molecular flexibility index (Phi) is 13.7. The van der Waals surface area contributed by atoms with Gasteiger partial charge in [-0.3, -0.25) is 0 Å². The molecule has 2 nitrogen and oxygen atoms in total. The van der Waals surface area contributed by atoms with Crippen LogP contribution in [0, 0.1) is 12.2 Å². The van der Waals surface area contributed by atoms with Crippen molar-refractivity contribution >= 4 is 36.0 Å². The number of ether oxygens (including phenoxy) is 2. The molecule has 4 rings (SSSR count). The second kappa shape index (κ2) is 14.4. The van der Waals surface area contributed by atoms with E-state index >= 15 is 0 Å². The van der Waals surface area contributed by atoms with Crippen LogP contribution in [0.5, 0.6) is 11.5 Å². The molecule has 0 amide bonds. The first-order chi connectivity index (χ1) is 12.8. The van der Waals surface area contributed by atoms with Gasteiger partial charge in [0.25, 0.3) is 0 Å². The van der Waals surface area contributed by atoms with E-state index in [2.05, 4.69) is 48.6 Å². The van der Waals surface area contributed by atoms with Gasteiger partial charge >= 0.3 is 0 Å². The summed E-state index contributed by atoms with van der Waals surface area (Å²) in [5.41, 5.74) is 4.68. The molecule has 0 spiro atoms. The third-order valence-corrected chi connectivity index (χ3v) is 4.15. The second-order valence-corrected chi connectivity index (χ2v) is 5.86. The number of rotatable bonds is 4. The molecular formula is C24H24Cl2HfO2-2. The average Bonchev–Trinajstić information content (AvgIpc) is 3.42. The van der Waals surface area contributed by atoms with E-state index in [1.807, 2.05) is 36.4 Å². The molecule has 0 fully saturated rings. The van der Waals surface area contributed by atoms with Crippen molar-refractivity contribution in [3.05, 3.63) is 96.1 Å². The molecule has 0 N–H and O–H groups in total. The monoisotopic (exact) mass is 594 g/mol. The number of hydrogen-bond acceptors (Lipinski definition) is 2. The Morgan fingerprint density at radius 3 is 1.41 bits per heavy atom. The fraction of sp³-hybridized carbons (Fsp3) is 0.167. The SMILES string of the molecule is COc1cccc(C2=[C-]CC=C2)c1.COc1cccc(C2=[C-]CC=C2)c1.Cl.Cl.[Hf]. The van der Waals surface area contributed by atoms with Crippen molar-refractivity contribution in [1.82, 2.24) is 0 Å². The molecule has 0 unspecified atom stereocenters. The third kappa shape index (κ3) is 8.00.